The Balaban J connectivity index is 0.000000250. The first-order chi connectivity index (χ1) is 60.6. The third-order valence-electron chi connectivity index (χ3n) is 28.5. The van der Waals surface area contributed by atoms with Gasteiger partial charge in [-0.2, -0.15) is 35.1 Å². The second kappa shape index (κ2) is 42.7. The lowest BCUT2D eigenvalue weighted by atomic mass is 9.37. The number of hydrogen-bond acceptors (Lipinski definition) is 26. The molecule has 752 valence electrons. The van der Waals surface area contributed by atoms with Crippen molar-refractivity contribution < 1.29 is 159 Å². The molecule has 1 aliphatic heterocycles. The molecule has 9 aliphatic carbocycles. The number of ether oxygens (including phenoxy) is 9. The summed E-state index contributed by atoms with van der Waals surface area (Å²) in [5.74, 6) is -5.05. The molecule has 0 radical (unpaired) electrons. The maximum absolute atomic E-state index is 13.0. The minimum Gasteiger partial charge on any atom is -0.743 e. The monoisotopic (exact) mass is 1940 g/mol. The lowest BCUT2D eigenvalue weighted by Gasteiger charge is -2.70. The van der Waals surface area contributed by atoms with Gasteiger partial charge in [-0.15, -0.1) is 0 Å². The molecule has 1 heterocycles. The lowest BCUT2D eigenvalue weighted by molar-refractivity contribution is -0.357. The van der Waals surface area contributed by atoms with Gasteiger partial charge in [-0.25, -0.2) is 22.8 Å². The fourth-order valence-electron chi connectivity index (χ4n) is 18.3. The largest absolute Gasteiger partial charge is 0.743 e. The van der Waals surface area contributed by atoms with Crippen LogP contribution in [0.2, 0.25) is 0 Å². The molecule has 1 saturated heterocycles. The summed E-state index contributed by atoms with van der Waals surface area (Å²) < 4.78 is 178. The Morgan fingerprint density at radius 1 is 0.504 bits per heavy atom. The number of esters is 8. The van der Waals surface area contributed by atoms with Crippen LogP contribution in [0.3, 0.4) is 0 Å². The molecular formula is C97H140F8O26S2. The summed E-state index contributed by atoms with van der Waals surface area (Å²) in [5.41, 5.74) is -13.9. The van der Waals surface area contributed by atoms with Gasteiger partial charge in [0.05, 0.1) is 61.2 Å². The fraction of sp³-hybridized carbons (Fsp3) is 0.722. The van der Waals surface area contributed by atoms with E-state index in [-0.39, 0.29) is 88.3 Å². The molecule has 36 heteroatoms. The van der Waals surface area contributed by atoms with Crippen molar-refractivity contribution in [2.24, 2.45) is 61.6 Å². The zero-order valence-electron chi connectivity index (χ0n) is 80.7. The van der Waals surface area contributed by atoms with Crippen molar-refractivity contribution >= 4 is 74.9 Å². The molecule has 5 N–H and O–H groups in total. The molecule has 133 heavy (non-hydrogen) atoms. The van der Waals surface area contributed by atoms with E-state index < -0.39 is 125 Å². The van der Waals surface area contributed by atoms with Gasteiger partial charge in [0.1, 0.15) is 41.4 Å². The highest BCUT2D eigenvalue weighted by Gasteiger charge is 2.77. The van der Waals surface area contributed by atoms with Crippen molar-refractivity contribution in [2.75, 3.05) is 13.2 Å². The van der Waals surface area contributed by atoms with E-state index in [2.05, 4.69) is 62.7 Å². The van der Waals surface area contributed by atoms with Crippen LogP contribution in [0.15, 0.2) is 99.6 Å². The van der Waals surface area contributed by atoms with Crippen LogP contribution in [-0.4, -0.2) is 181 Å². The van der Waals surface area contributed by atoms with Gasteiger partial charge < -0.3 is 72.7 Å². The summed E-state index contributed by atoms with van der Waals surface area (Å²) in [5, 5.41) is 46.4. The highest BCUT2D eigenvalue weighted by molar-refractivity contribution is 7.97. The Morgan fingerprint density at radius 2 is 0.895 bits per heavy atom. The van der Waals surface area contributed by atoms with E-state index in [9.17, 15) is 112 Å². The van der Waals surface area contributed by atoms with Crippen LogP contribution in [0, 0.1) is 61.6 Å². The van der Waals surface area contributed by atoms with Crippen molar-refractivity contribution in [1.82, 2.24) is 0 Å². The summed E-state index contributed by atoms with van der Waals surface area (Å²) in [6.45, 7) is 37.0. The molecule has 0 spiro atoms. The number of rotatable bonds is 27. The molecule has 9 saturated carbocycles. The lowest BCUT2D eigenvalue weighted by Crippen LogP contribution is -2.70. The van der Waals surface area contributed by atoms with Gasteiger partial charge in [-0.3, -0.25) is 28.8 Å². The van der Waals surface area contributed by atoms with Crippen LogP contribution in [0.1, 0.15) is 294 Å². The molecule has 3 aromatic carbocycles. The van der Waals surface area contributed by atoms with Crippen LogP contribution in [-0.2, 0) is 102 Å². The number of benzene rings is 3. The Kier molecular flexibility index (Phi) is 36.6. The van der Waals surface area contributed by atoms with Crippen molar-refractivity contribution in [2.45, 2.75) is 383 Å². The number of cyclic esters (lactones) is 1. The predicted molar refractivity (Wildman–Crippen MR) is 472 cm³/mol. The first-order valence-electron chi connectivity index (χ1n) is 45.5. The van der Waals surface area contributed by atoms with Gasteiger partial charge in [0.25, 0.3) is 0 Å². The standard InChI is InChI=1S/C22H38O4.C21H30F6O7.C18H14OS.C16H26O3.C10H16F2O7S.C10H16O4/c1-8-17(2,3)16(23)26-22-11-15-9-20(13-22,18(4,5)24)12-21(10-15,14-22)19(6,7)25;1-6-17(2,3)15(29)33-13-9-7-12(8-10-13)18(4,5)34-14(28)11-32-16(30)19(31,20(22,23)24)21(25,26)27;19-15-11-13-18(14-12-15)20(16-7-3-1-4-8-16)17-9-5-2-6-10-17;1-4-14(2,3)13(17)19-16-8-11-5-12(9-16)7-15(18,6-11)10-16;1-5-9(3,4)7(13)19-8(14)18-6(2)10(11,12)20(15,16)17;1-4-10(2,3)9(12)14-7-5-8(11)13-6-7/h15,24-25H,8-14H2,1-7H3;12-13,31H,6-11H2,1-5H3;1-14H;11-12,18H,4-10H2,1-3H3;6H,5H2,1-4H3,(H,15,16,17);7H,4-6H2,1-3H3. The van der Waals surface area contributed by atoms with Crippen molar-refractivity contribution in [3.8, 4) is 5.75 Å². The predicted octanol–water partition coefficient (Wildman–Crippen LogP) is 18.9. The smallest absolute Gasteiger partial charge is 0.516 e. The number of carbonyl (C=O) groups is 9. The normalized spacial score (nSPS) is 25.5. The van der Waals surface area contributed by atoms with E-state index in [0.717, 1.165) is 64.2 Å². The minimum atomic E-state index is -6.42. The zero-order valence-corrected chi connectivity index (χ0v) is 82.4. The van der Waals surface area contributed by atoms with Crippen LogP contribution in [0.5, 0.6) is 5.75 Å². The highest BCUT2D eigenvalue weighted by atomic mass is 32.2. The topological polar surface area (TPSA) is 395 Å². The third kappa shape index (κ3) is 28.3. The molecular weight excluding hydrogens is 1800 g/mol. The molecule has 0 aromatic heterocycles. The molecule has 10 fully saturated rings. The molecule has 10 aliphatic rings. The van der Waals surface area contributed by atoms with Crippen LogP contribution in [0.4, 0.5) is 39.9 Å². The first kappa shape index (κ1) is 114. The second-order valence-electron chi connectivity index (χ2n) is 42.2. The van der Waals surface area contributed by atoms with Gasteiger partial charge in [0, 0.05) is 17.3 Å². The second-order valence-corrected chi connectivity index (χ2v) is 45.7. The fourth-order valence-corrected chi connectivity index (χ4v) is 20.9. The van der Waals surface area contributed by atoms with E-state index >= 15 is 0 Å². The summed E-state index contributed by atoms with van der Waals surface area (Å²) >= 11 is 0. The summed E-state index contributed by atoms with van der Waals surface area (Å²) in [6.07, 6.45) is -2.06. The number of carbonyl (C=O) groups excluding carboxylic acids is 9. The van der Waals surface area contributed by atoms with Gasteiger partial charge in [-0.05, 0) is 318 Å². The minimum absolute atomic E-state index is 0.0828. The summed E-state index contributed by atoms with van der Waals surface area (Å²) in [7, 11) is -6.14. The van der Waals surface area contributed by atoms with Crippen molar-refractivity contribution in [3.05, 3.63) is 84.9 Å². The number of alkyl halides is 8. The van der Waals surface area contributed by atoms with Crippen molar-refractivity contribution in [1.29, 1.82) is 0 Å². The molecule has 6 atom stereocenters. The maximum Gasteiger partial charge on any atom is 0.516 e. The van der Waals surface area contributed by atoms with Gasteiger partial charge >= 0.3 is 77.1 Å². The Labute approximate surface area is 779 Å². The SMILES string of the molecule is CCC(C)(C)C(=O)OC(=O)OC(C)C(F)(F)S(=O)(=O)[O-].CCC(C)(C)C(=O)OC12CC3CC(C(C)(C)O)(C1)CC(C(C)(C)O)(C3)C2.CCC(C)(C)C(=O)OC12CC3CC(CC(O)(C3)C1)C2.CCC(C)(C)C(=O)OC1CCC(C(C)(C)OC(=O)COC(=O)C(O)(C(F)(F)F)C(F)(F)F)CC1.CCC(C)(C)C(=O)OC1COC(=O)C1.Oc1ccc([S+](c2ccccc2)c2ccccc2)cc1. The number of aromatic hydroxyl groups is 1. The number of phenols is 1. The average Bonchev–Trinajstić information content (AvgIpc) is 0.849. The van der Waals surface area contributed by atoms with E-state index in [1.54, 1.807) is 32.9 Å². The van der Waals surface area contributed by atoms with Gasteiger partial charge in [-0.1, -0.05) is 71.0 Å². The first-order valence-corrected chi connectivity index (χ1v) is 48.1. The molecule has 6 unspecified atom stereocenters. The highest BCUT2D eigenvalue weighted by Crippen LogP contribution is 2.73. The summed E-state index contributed by atoms with van der Waals surface area (Å²) in [6, 6.07) is 28.5. The Morgan fingerprint density at radius 3 is 1.28 bits per heavy atom. The van der Waals surface area contributed by atoms with E-state index in [0.29, 0.717) is 94.6 Å². The molecule has 0 amide bonds. The van der Waals surface area contributed by atoms with E-state index in [1.165, 1.54) is 48.8 Å². The maximum atomic E-state index is 13.0. The Bertz CT molecular complexity index is 4510. The molecule has 3 aromatic rings. The number of aliphatic hydroxyl groups is 4. The van der Waals surface area contributed by atoms with Gasteiger partial charge in [0.15, 0.2) is 37.5 Å². The zero-order chi connectivity index (χ0) is 101. The van der Waals surface area contributed by atoms with Crippen LogP contribution < -0.4 is 0 Å². The summed E-state index contributed by atoms with van der Waals surface area (Å²) in [4.78, 5) is 110. The number of hydrogen-bond donors (Lipinski definition) is 5. The Hall–Kier alpha value is -7.77. The van der Waals surface area contributed by atoms with Crippen LogP contribution in [0.25, 0.3) is 0 Å². The van der Waals surface area contributed by atoms with Crippen molar-refractivity contribution in [3.63, 3.8) is 0 Å². The average molecular weight is 1940 g/mol. The molecule has 8 bridgehead atoms. The number of phenolic OH excluding ortho intramolecular Hbond substituents is 1. The molecule has 13 rings (SSSR count). The quantitative estimate of drug-likeness (QED) is 0.0118. The van der Waals surface area contributed by atoms with Gasteiger partial charge in [0.2, 0.25) is 0 Å². The van der Waals surface area contributed by atoms with E-state index in [1.807, 2.05) is 121 Å². The number of halogens is 8. The third-order valence-corrected chi connectivity index (χ3v) is 31.7. The van der Waals surface area contributed by atoms with Crippen LogP contribution >= 0.6 is 0 Å². The molecule has 26 nitrogen and oxygen atoms in total. The van der Waals surface area contributed by atoms with E-state index in [4.69, 9.17) is 33.5 Å².